The number of hydrogen-bond acceptors (Lipinski definition) is 7. The maximum atomic E-state index is 12.8. The van der Waals surface area contributed by atoms with Crippen molar-refractivity contribution in [2.45, 2.75) is 18.4 Å². The number of carboxylic acids is 1. The van der Waals surface area contributed by atoms with E-state index < -0.39 is 11.6 Å². The number of aliphatic carboxylic acids is 1. The van der Waals surface area contributed by atoms with Gasteiger partial charge in [-0.1, -0.05) is 47.5 Å². The Bertz CT molecular complexity index is 1320. The van der Waals surface area contributed by atoms with Crippen LogP contribution in [0.4, 0.5) is 0 Å². The first-order chi connectivity index (χ1) is 18.3. The van der Waals surface area contributed by atoms with Gasteiger partial charge in [-0.2, -0.15) is 0 Å². The summed E-state index contributed by atoms with van der Waals surface area (Å²) in [4.78, 5) is 25.0. The van der Waals surface area contributed by atoms with Gasteiger partial charge in [0.05, 0.1) is 24.2 Å². The van der Waals surface area contributed by atoms with Gasteiger partial charge in [0.25, 0.3) is 5.91 Å². The van der Waals surface area contributed by atoms with E-state index in [2.05, 4.69) is 5.32 Å². The zero-order valence-corrected chi connectivity index (χ0v) is 25.1. The van der Waals surface area contributed by atoms with Gasteiger partial charge in [0, 0.05) is 36.2 Å². The standard InChI is InChI=1S/C28H27Cl2NO7.Na/c1-35-14-15-37-25-17-20(29)8-6-18(25)10-12-31-26(32)19-7-9-24(22(30)16-19)38-28(27(33)34)11-13-36-23-5-3-2-4-21(23)28;/h2-9,16-17H,10-15H2,1H3,(H,31,32)(H,33,34);/q;+1/p-1. The molecule has 0 aromatic heterocycles. The predicted octanol–water partition coefficient (Wildman–Crippen LogP) is 0.802. The number of nitrogens with one attached hydrogen (secondary N) is 1. The van der Waals surface area contributed by atoms with Crippen LogP contribution in [0.2, 0.25) is 10.0 Å². The quantitative estimate of drug-likeness (QED) is 0.264. The van der Waals surface area contributed by atoms with Crippen LogP contribution < -0.4 is 54.2 Å². The number of ether oxygens (including phenoxy) is 4. The predicted molar refractivity (Wildman–Crippen MR) is 140 cm³/mol. The fourth-order valence-electron chi connectivity index (χ4n) is 4.15. The van der Waals surface area contributed by atoms with Gasteiger partial charge in [-0.25, -0.2) is 0 Å². The van der Waals surface area contributed by atoms with Crippen LogP contribution in [0.25, 0.3) is 0 Å². The van der Waals surface area contributed by atoms with Crippen molar-refractivity contribution in [3.8, 4) is 17.2 Å². The van der Waals surface area contributed by atoms with Gasteiger partial charge in [-0.05, 0) is 48.4 Å². The van der Waals surface area contributed by atoms with E-state index in [0.29, 0.717) is 53.8 Å². The molecule has 1 aliphatic rings. The van der Waals surface area contributed by atoms with E-state index in [1.807, 2.05) is 6.07 Å². The molecule has 0 saturated heterocycles. The average molecular weight is 582 g/mol. The normalized spacial score (nSPS) is 15.8. The molecule has 200 valence electrons. The van der Waals surface area contributed by atoms with Gasteiger partial charge in [0.1, 0.15) is 23.9 Å². The fourth-order valence-corrected chi connectivity index (χ4v) is 4.54. The van der Waals surface area contributed by atoms with Crippen LogP contribution in [0.5, 0.6) is 17.2 Å². The molecule has 1 heterocycles. The summed E-state index contributed by atoms with van der Waals surface area (Å²) in [5, 5.41) is 15.8. The third kappa shape index (κ3) is 7.39. The first-order valence-corrected chi connectivity index (χ1v) is 12.7. The summed E-state index contributed by atoms with van der Waals surface area (Å²) in [7, 11) is 1.59. The van der Waals surface area contributed by atoms with Crippen LogP contribution in [0, 0.1) is 0 Å². The van der Waals surface area contributed by atoms with E-state index in [1.54, 1.807) is 43.5 Å². The Morgan fingerprint density at radius 1 is 1.05 bits per heavy atom. The molecule has 1 aliphatic heterocycles. The summed E-state index contributed by atoms with van der Waals surface area (Å²) in [6.45, 7) is 1.28. The van der Waals surface area contributed by atoms with Crippen LogP contribution in [0.3, 0.4) is 0 Å². The number of hydrogen-bond donors (Lipinski definition) is 1. The van der Waals surface area contributed by atoms with Crippen molar-refractivity contribution in [1.82, 2.24) is 5.32 Å². The SMILES string of the molecule is COCCOc1cc(Cl)ccc1CCNC(=O)c1ccc(OC2(C(=O)[O-])CCOc3ccccc32)c(Cl)c1.[Na+]. The molecular formula is C28H26Cl2NNaO7. The zero-order chi connectivity index (χ0) is 27.1. The third-order valence-electron chi connectivity index (χ3n) is 6.10. The van der Waals surface area contributed by atoms with Crippen LogP contribution in [-0.2, 0) is 21.6 Å². The Morgan fingerprint density at radius 3 is 2.59 bits per heavy atom. The van der Waals surface area contributed by atoms with Crippen LogP contribution >= 0.6 is 23.2 Å². The Balaban J connectivity index is 0.00000420. The number of carbonyl (C=O) groups is 2. The molecule has 1 atom stereocenters. The molecule has 0 radical (unpaired) electrons. The first-order valence-electron chi connectivity index (χ1n) is 11.9. The fraction of sp³-hybridized carbons (Fsp3) is 0.286. The molecule has 0 fully saturated rings. The van der Waals surface area contributed by atoms with Crippen molar-refractivity contribution < 1.29 is 63.2 Å². The number of halogens is 2. The van der Waals surface area contributed by atoms with E-state index in [-0.39, 0.29) is 59.3 Å². The molecule has 1 amide bonds. The second-order valence-electron chi connectivity index (χ2n) is 8.56. The van der Waals surface area contributed by atoms with E-state index in [1.165, 1.54) is 18.2 Å². The molecule has 1 N–H and O–H groups in total. The number of benzene rings is 3. The second kappa shape index (κ2) is 14.3. The molecule has 0 spiro atoms. The molecule has 0 aliphatic carbocycles. The monoisotopic (exact) mass is 581 g/mol. The van der Waals surface area contributed by atoms with Gasteiger partial charge in [0.15, 0.2) is 5.60 Å². The summed E-state index contributed by atoms with van der Waals surface area (Å²) in [5.41, 5.74) is -0.247. The largest absolute Gasteiger partial charge is 1.00 e. The van der Waals surface area contributed by atoms with Crippen molar-refractivity contribution in [1.29, 1.82) is 0 Å². The number of para-hydroxylation sites is 1. The summed E-state index contributed by atoms with van der Waals surface area (Å²) < 4.78 is 22.3. The number of carbonyl (C=O) groups excluding carboxylic acids is 2. The first kappa shape index (κ1) is 31.1. The summed E-state index contributed by atoms with van der Waals surface area (Å²) in [5.74, 6) is -0.602. The minimum atomic E-state index is -1.77. The Kier molecular flexibility index (Phi) is 11.4. The van der Waals surface area contributed by atoms with Gasteiger partial charge < -0.3 is 34.2 Å². The smallest absolute Gasteiger partial charge is 0.545 e. The molecule has 11 heteroatoms. The molecule has 0 bridgehead atoms. The van der Waals surface area contributed by atoms with Gasteiger partial charge in [-0.15, -0.1) is 0 Å². The second-order valence-corrected chi connectivity index (χ2v) is 9.40. The van der Waals surface area contributed by atoms with E-state index >= 15 is 0 Å². The van der Waals surface area contributed by atoms with Crippen molar-refractivity contribution in [3.63, 3.8) is 0 Å². The molecule has 3 aromatic carbocycles. The van der Waals surface area contributed by atoms with E-state index in [0.717, 1.165) is 5.56 Å². The van der Waals surface area contributed by atoms with Gasteiger partial charge >= 0.3 is 29.6 Å². The van der Waals surface area contributed by atoms with Crippen molar-refractivity contribution >= 4 is 35.1 Å². The number of methoxy groups -OCH3 is 1. The molecule has 3 aromatic rings. The Labute approximate surface area is 258 Å². The maximum absolute atomic E-state index is 12.8. The zero-order valence-electron chi connectivity index (χ0n) is 21.6. The minimum absolute atomic E-state index is 0. The van der Waals surface area contributed by atoms with Gasteiger partial charge in [0.2, 0.25) is 0 Å². The average Bonchev–Trinajstić information content (AvgIpc) is 2.91. The van der Waals surface area contributed by atoms with Gasteiger partial charge in [-0.3, -0.25) is 4.79 Å². The van der Waals surface area contributed by atoms with E-state index in [9.17, 15) is 14.7 Å². The number of fused-ring (bicyclic) bond motifs is 1. The molecule has 39 heavy (non-hydrogen) atoms. The number of carboxylic acid groups (broad SMARTS) is 1. The van der Waals surface area contributed by atoms with Crippen molar-refractivity contribution in [2.75, 3.05) is 33.5 Å². The minimum Gasteiger partial charge on any atom is -0.545 e. The molecule has 0 saturated carbocycles. The summed E-state index contributed by atoms with van der Waals surface area (Å²) in [6, 6.07) is 16.5. The number of rotatable bonds is 11. The van der Waals surface area contributed by atoms with Crippen LogP contribution in [-0.4, -0.2) is 45.4 Å². The van der Waals surface area contributed by atoms with Crippen LogP contribution in [0.1, 0.15) is 27.9 Å². The molecule has 1 unspecified atom stereocenters. The molecule has 4 rings (SSSR count). The van der Waals surface area contributed by atoms with Crippen molar-refractivity contribution in [3.05, 3.63) is 87.4 Å². The summed E-state index contributed by atoms with van der Waals surface area (Å²) in [6.07, 6.45) is 0.544. The maximum Gasteiger partial charge on any atom is 1.00 e. The summed E-state index contributed by atoms with van der Waals surface area (Å²) >= 11 is 12.5. The Hall–Kier alpha value is -2.46. The topological polar surface area (TPSA) is 106 Å². The Morgan fingerprint density at radius 2 is 1.85 bits per heavy atom. The number of amides is 1. The molecular weight excluding hydrogens is 556 g/mol. The van der Waals surface area contributed by atoms with E-state index in [4.69, 9.17) is 42.1 Å². The third-order valence-corrected chi connectivity index (χ3v) is 6.63. The molecule has 8 nitrogen and oxygen atoms in total. The van der Waals surface area contributed by atoms with Crippen LogP contribution in [0.15, 0.2) is 60.7 Å². The van der Waals surface area contributed by atoms with Crippen molar-refractivity contribution in [2.24, 2.45) is 0 Å².